The van der Waals surface area contributed by atoms with Crippen molar-refractivity contribution in [3.8, 4) is 0 Å². The smallest absolute Gasteiger partial charge is 0.00926 e. The van der Waals surface area contributed by atoms with Crippen LogP contribution in [0.15, 0.2) is 0 Å². The third-order valence-corrected chi connectivity index (χ3v) is 4.05. The zero-order valence-electron chi connectivity index (χ0n) is 8.89. The first-order valence-corrected chi connectivity index (χ1v) is 6.09. The predicted molar refractivity (Wildman–Crippen MR) is 56.8 cm³/mol. The van der Waals surface area contributed by atoms with Gasteiger partial charge in [-0.1, -0.05) is 32.6 Å². The van der Waals surface area contributed by atoms with Crippen molar-refractivity contribution >= 4 is 0 Å². The summed E-state index contributed by atoms with van der Waals surface area (Å²) < 4.78 is 0. The zero-order chi connectivity index (χ0) is 9.10. The van der Waals surface area contributed by atoms with Crippen molar-refractivity contribution in [2.24, 2.45) is 11.8 Å². The Morgan fingerprint density at radius 3 is 2.38 bits per heavy atom. The van der Waals surface area contributed by atoms with Crippen molar-refractivity contribution in [1.82, 2.24) is 5.32 Å². The molecular weight excluding hydrogens is 158 g/mol. The van der Waals surface area contributed by atoms with E-state index in [9.17, 15) is 0 Å². The fourth-order valence-electron chi connectivity index (χ4n) is 2.70. The molecule has 0 aliphatic heterocycles. The molecule has 76 valence electrons. The largest absolute Gasteiger partial charge is 0.314 e. The van der Waals surface area contributed by atoms with Crippen molar-refractivity contribution in [3.63, 3.8) is 0 Å². The molecular formula is C12H23N. The van der Waals surface area contributed by atoms with Gasteiger partial charge in [-0.15, -0.1) is 0 Å². The van der Waals surface area contributed by atoms with E-state index in [1.54, 1.807) is 0 Å². The quantitative estimate of drug-likeness (QED) is 0.703. The van der Waals surface area contributed by atoms with Crippen LogP contribution in [0.2, 0.25) is 0 Å². The molecule has 2 unspecified atom stereocenters. The summed E-state index contributed by atoms with van der Waals surface area (Å²) in [7, 11) is 0. The predicted octanol–water partition coefficient (Wildman–Crippen LogP) is 2.95. The van der Waals surface area contributed by atoms with E-state index < -0.39 is 0 Å². The molecule has 2 atom stereocenters. The van der Waals surface area contributed by atoms with E-state index in [4.69, 9.17) is 0 Å². The van der Waals surface area contributed by atoms with Gasteiger partial charge in [0.05, 0.1) is 0 Å². The standard InChI is InChI=1S/C12H23N/c1-10-4-2-7-12(10)13-9-8-11-5-3-6-11/h10-13H,2-9H2,1H3. The third kappa shape index (κ3) is 2.46. The minimum absolute atomic E-state index is 0.847. The van der Waals surface area contributed by atoms with E-state index in [2.05, 4.69) is 12.2 Å². The highest BCUT2D eigenvalue weighted by molar-refractivity contribution is 4.80. The normalized spacial score (nSPS) is 34.8. The van der Waals surface area contributed by atoms with Crippen LogP contribution in [0.3, 0.4) is 0 Å². The fraction of sp³-hybridized carbons (Fsp3) is 1.00. The topological polar surface area (TPSA) is 12.0 Å². The Hall–Kier alpha value is -0.0400. The number of hydrogen-bond donors (Lipinski definition) is 1. The lowest BCUT2D eigenvalue weighted by molar-refractivity contribution is 0.282. The molecule has 0 saturated heterocycles. The number of rotatable bonds is 4. The van der Waals surface area contributed by atoms with Gasteiger partial charge < -0.3 is 5.32 Å². The fourth-order valence-corrected chi connectivity index (χ4v) is 2.70. The Morgan fingerprint density at radius 2 is 1.85 bits per heavy atom. The Balaban J connectivity index is 1.56. The first-order valence-electron chi connectivity index (χ1n) is 6.09. The van der Waals surface area contributed by atoms with Crippen LogP contribution < -0.4 is 5.32 Å². The molecule has 1 heteroatoms. The molecule has 0 bridgehead atoms. The van der Waals surface area contributed by atoms with Gasteiger partial charge in [0, 0.05) is 6.04 Å². The SMILES string of the molecule is CC1CCCC1NCCC1CCC1. The molecule has 0 radical (unpaired) electrons. The maximum absolute atomic E-state index is 3.73. The zero-order valence-corrected chi connectivity index (χ0v) is 8.89. The summed E-state index contributed by atoms with van der Waals surface area (Å²) in [6.07, 6.45) is 10.2. The molecule has 13 heavy (non-hydrogen) atoms. The van der Waals surface area contributed by atoms with Gasteiger partial charge in [0.2, 0.25) is 0 Å². The lowest BCUT2D eigenvalue weighted by Crippen LogP contribution is -2.33. The highest BCUT2D eigenvalue weighted by atomic mass is 14.9. The molecule has 2 rings (SSSR count). The van der Waals surface area contributed by atoms with E-state index in [0.717, 1.165) is 17.9 Å². The van der Waals surface area contributed by atoms with Crippen molar-refractivity contribution in [1.29, 1.82) is 0 Å². The lowest BCUT2D eigenvalue weighted by atomic mass is 9.83. The van der Waals surface area contributed by atoms with Crippen molar-refractivity contribution in [2.75, 3.05) is 6.54 Å². The van der Waals surface area contributed by atoms with Crippen molar-refractivity contribution in [3.05, 3.63) is 0 Å². The Labute approximate surface area is 82.3 Å². The van der Waals surface area contributed by atoms with Gasteiger partial charge in [0.1, 0.15) is 0 Å². The molecule has 0 spiro atoms. The third-order valence-electron chi connectivity index (χ3n) is 4.05. The maximum atomic E-state index is 3.73. The maximum Gasteiger partial charge on any atom is 0.00926 e. The van der Waals surface area contributed by atoms with E-state index in [0.29, 0.717) is 0 Å². The molecule has 0 heterocycles. The van der Waals surface area contributed by atoms with E-state index in [1.807, 2.05) is 0 Å². The molecule has 0 aromatic carbocycles. The summed E-state index contributed by atoms with van der Waals surface area (Å²) in [6.45, 7) is 3.67. The first kappa shape index (κ1) is 9.51. The van der Waals surface area contributed by atoms with Crippen LogP contribution in [0.4, 0.5) is 0 Å². The second-order valence-electron chi connectivity index (χ2n) is 5.05. The van der Waals surface area contributed by atoms with Gasteiger partial charge in [0.15, 0.2) is 0 Å². The minimum atomic E-state index is 0.847. The summed E-state index contributed by atoms with van der Waals surface area (Å²) in [5.74, 6) is 2.01. The Kier molecular flexibility index (Phi) is 3.26. The van der Waals surface area contributed by atoms with Gasteiger partial charge >= 0.3 is 0 Å². The van der Waals surface area contributed by atoms with Crippen LogP contribution in [0.25, 0.3) is 0 Å². The highest BCUT2D eigenvalue weighted by Gasteiger charge is 2.23. The molecule has 0 aromatic heterocycles. The molecule has 2 aliphatic carbocycles. The number of hydrogen-bond acceptors (Lipinski definition) is 1. The van der Waals surface area contributed by atoms with Crippen molar-refractivity contribution < 1.29 is 0 Å². The van der Waals surface area contributed by atoms with E-state index in [-0.39, 0.29) is 0 Å². The van der Waals surface area contributed by atoms with E-state index >= 15 is 0 Å². The summed E-state index contributed by atoms with van der Waals surface area (Å²) >= 11 is 0. The second kappa shape index (κ2) is 4.45. The highest BCUT2D eigenvalue weighted by Crippen LogP contribution is 2.29. The molecule has 2 aliphatic rings. The van der Waals surface area contributed by atoms with Gasteiger partial charge in [-0.25, -0.2) is 0 Å². The van der Waals surface area contributed by atoms with Gasteiger partial charge in [-0.2, -0.15) is 0 Å². The molecule has 1 N–H and O–H groups in total. The molecule has 2 fully saturated rings. The summed E-state index contributed by atoms with van der Waals surface area (Å²) in [6, 6.07) is 0.847. The molecule has 2 saturated carbocycles. The minimum Gasteiger partial charge on any atom is -0.314 e. The van der Waals surface area contributed by atoms with Crippen LogP contribution >= 0.6 is 0 Å². The average molecular weight is 181 g/mol. The molecule has 0 aromatic rings. The summed E-state index contributed by atoms with van der Waals surface area (Å²) in [5, 5.41) is 3.73. The molecule has 0 amide bonds. The van der Waals surface area contributed by atoms with Crippen molar-refractivity contribution in [2.45, 2.75) is 57.9 Å². The second-order valence-corrected chi connectivity index (χ2v) is 5.05. The van der Waals surface area contributed by atoms with Crippen LogP contribution in [0.5, 0.6) is 0 Å². The average Bonchev–Trinajstić information content (AvgIpc) is 2.42. The Bertz CT molecular complexity index is 151. The van der Waals surface area contributed by atoms with Crippen LogP contribution in [-0.4, -0.2) is 12.6 Å². The lowest BCUT2D eigenvalue weighted by Gasteiger charge is -2.26. The van der Waals surface area contributed by atoms with Gasteiger partial charge in [-0.3, -0.25) is 0 Å². The van der Waals surface area contributed by atoms with Crippen LogP contribution in [0.1, 0.15) is 51.9 Å². The van der Waals surface area contributed by atoms with Crippen LogP contribution in [-0.2, 0) is 0 Å². The number of nitrogens with one attached hydrogen (secondary N) is 1. The monoisotopic (exact) mass is 181 g/mol. The van der Waals surface area contributed by atoms with Crippen LogP contribution in [0, 0.1) is 11.8 Å². The van der Waals surface area contributed by atoms with Gasteiger partial charge in [-0.05, 0) is 37.6 Å². The summed E-state index contributed by atoms with van der Waals surface area (Å²) in [5.41, 5.74) is 0. The van der Waals surface area contributed by atoms with Gasteiger partial charge in [0.25, 0.3) is 0 Å². The first-order chi connectivity index (χ1) is 6.36. The Morgan fingerprint density at radius 1 is 1.08 bits per heavy atom. The van der Waals surface area contributed by atoms with E-state index in [1.165, 1.54) is 51.5 Å². The molecule has 1 nitrogen and oxygen atoms in total. The summed E-state index contributed by atoms with van der Waals surface area (Å²) in [4.78, 5) is 0.